The van der Waals surface area contributed by atoms with Gasteiger partial charge in [-0.2, -0.15) is 0 Å². The van der Waals surface area contributed by atoms with Gasteiger partial charge in [0.1, 0.15) is 0 Å². The molecule has 5 nitrogen and oxygen atoms in total. The van der Waals surface area contributed by atoms with Crippen molar-refractivity contribution in [1.29, 1.82) is 0 Å². The number of hydrogen-bond acceptors (Lipinski definition) is 3. The van der Waals surface area contributed by atoms with E-state index in [2.05, 4.69) is 12.2 Å². The Morgan fingerprint density at radius 1 is 1.17 bits per heavy atom. The summed E-state index contributed by atoms with van der Waals surface area (Å²) < 4.78 is 0. The fourth-order valence-electron chi connectivity index (χ4n) is 2.12. The van der Waals surface area contributed by atoms with Crippen molar-refractivity contribution < 1.29 is 9.59 Å². The molecule has 0 saturated carbocycles. The molecule has 0 spiro atoms. The highest BCUT2D eigenvalue weighted by Gasteiger charge is 2.33. The molecule has 0 aliphatic carbocycles. The first-order valence-electron chi connectivity index (χ1n) is 6.84. The molecule has 1 atom stereocenters. The molecule has 1 aliphatic heterocycles. The van der Waals surface area contributed by atoms with Gasteiger partial charge in [0.2, 0.25) is 5.91 Å². The Bertz CT molecular complexity index is 294. The van der Waals surface area contributed by atoms with E-state index in [1.54, 1.807) is 11.9 Å². The standard InChI is InChI=1S/C13H25N3O2/c1-4-5-6-7-8-9-14-11-10-12(17)16(3)13(18)15(11)2/h11,14H,4-10H2,1-3H3. The van der Waals surface area contributed by atoms with E-state index in [0.717, 1.165) is 13.0 Å². The largest absolute Gasteiger partial charge is 0.327 e. The van der Waals surface area contributed by atoms with Crippen molar-refractivity contribution in [3.8, 4) is 0 Å². The predicted octanol–water partition coefficient (Wildman–Crippen LogP) is 1.79. The molecule has 1 aliphatic rings. The van der Waals surface area contributed by atoms with Crippen LogP contribution in [0.4, 0.5) is 4.79 Å². The number of carbonyl (C=O) groups is 2. The first-order valence-corrected chi connectivity index (χ1v) is 6.84. The smallest absolute Gasteiger partial charge is 0.311 e. The molecule has 0 bridgehead atoms. The average molecular weight is 255 g/mol. The van der Waals surface area contributed by atoms with Crippen LogP contribution in [0.25, 0.3) is 0 Å². The molecule has 0 aromatic carbocycles. The third-order valence-electron chi connectivity index (χ3n) is 3.46. The molecule has 0 aromatic heterocycles. The molecule has 1 fully saturated rings. The third-order valence-corrected chi connectivity index (χ3v) is 3.46. The van der Waals surface area contributed by atoms with Crippen LogP contribution in [0.15, 0.2) is 0 Å². The summed E-state index contributed by atoms with van der Waals surface area (Å²) in [7, 11) is 3.27. The molecule has 5 heteroatoms. The molecule has 18 heavy (non-hydrogen) atoms. The maximum Gasteiger partial charge on any atom is 0.327 e. The van der Waals surface area contributed by atoms with E-state index in [0.29, 0.717) is 6.42 Å². The zero-order valence-electron chi connectivity index (χ0n) is 11.7. The van der Waals surface area contributed by atoms with E-state index >= 15 is 0 Å². The Hall–Kier alpha value is -1.10. The van der Waals surface area contributed by atoms with Gasteiger partial charge in [0.25, 0.3) is 0 Å². The minimum atomic E-state index is -0.227. The number of carbonyl (C=O) groups excluding carboxylic acids is 2. The Morgan fingerprint density at radius 3 is 2.50 bits per heavy atom. The molecule has 0 radical (unpaired) electrons. The number of unbranched alkanes of at least 4 members (excludes halogenated alkanes) is 4. The quantitative estimate of drug-likeness (QED) is 0.706. The third kappa shape index (κ3) is 3.98. The van der Waals surface area contributed by atoms with Gasteiger partial charge in [0.15, 0.2) is 0 Å². The van der Waals surface area contributed by atoms with Crippen molar-refractivity contribution in [2.75, 3.05) is 20.6 Å². The Kier molecular flexibility index (Phi) is 6.12. The van der Waals surface area contributed by atoms with Gasteiger partial charge < -0.3 is 4.90 Å². The lowest BCUT2D eigenvalue weighted by Gasteiger charge is -2.36. The molecule has 1 unspecified atom stereocenters. The van der Waals surface area contributed by atoms with Gasteiger partial charge in [-0.1, -0.05) is 32.6 Å². The second-order valence-corrected chi connectivity index (χ2v) is 4.93. The lowest BCUT2D eigenvalue weighted by Crippen LogP contribution is -2.58. The summed E-state index contributed by atoms with van der Waals surface area (Å²) in [6, 6.07) is -0.227. The Morgan fingerprint density at radius 2 is 1.83 bits per heavy atom. The predicted molar refractivity (Wildman–Crippen MR) is 71.1 cm³/mol. The van der Waals surface area contributed by atoms with E-state index in [9.17, 15) is 9.59 Å². The molecule has 0 aromatic rings. The monoisotopic (exact) mass is 255 g/mol. The lowest BCUT2D eigenvalue weighted by atomic mass is 10.1. The minimum Gasteiger partial charge on any atom is -0.311 e. The molecular weight excluding hydrogens is 230 g/mol. The Labute approximate surface area is 110 Å². The summed E-state index contributed by atoms with van der Waals surface area (Å²) in [5.74, 6) is -0.110. The van der Waals surface area contributed by atoms with E-state index in [4.69, 9.17) is 0 Å². The summed E-state index contributed by atoms with van der Waals surface area (Å²) in [6.45, 7) is 3.06. The molecule has 1 saturated heterocycles. The van der Waals surface area contributed by atoms with Gasteiger partial charge in [-0.05, 0) is 13.0 Å². The number of hydrogen-bond donors (Lipinski definition) is 1. The van der Waals surface area contributed by atoms with Crippen molar-refractivity contribution in [1.82, 2.24) is 15.1 Å². The normalized spacial score (nSPS) is 20.7. The molecule has 1 rings (SSSR count). The molecule has 1 N–H and O–H groups in total. The van der Waals surface area contributed by atoms with Crippen LogP contribution in [-0.2, 0) is 4.79 Å². The number of amides is 3. The van der Waals surface area contributed by atoms with Crippen LogP contribution < -0.4 is 5.32 Å². The van der Waals surface area contributed by atoms with Crippen molar-refractivity contribution in [3.63, 3.8) is 0 Å². The maximum absolute atomic E-state index is 11.7. The zero-order chi connectivity index (χ0) is 13.5. The number of nitrogens with zero attached hydrogens (tertiary/aromatic N) is 2. The van der Waals surface area contributed by atoms with Crippen molar-refractivity contribution >= 4 is 11.9 Å². The average Bonchev–Trinajstić information content (AvgIpc) is 2.37. The van der Waals surface area contributed by atoms with Crippen LogP contribution in [-0.4, -0.2) is 48.5 Å². The second kappa shape index (κ2) is 7.36. The van der Waals surface area contributed by atoms with Gasteiger partial charge in [0, 0.05) is 14.1 Å². The molecule has 3 amide bonds. The van der Waals surface area contributed by atoms with Crippen LogP contribution in [0.5, 0.6) is 0 Å². The number of imide groups is 1. The van der Waals surface area contributed by atoms with Gasteiger partial charge >= 0.3 is 6.03 Å². The topological polar surface area (TPSA) is 52.7 Å². The van der Waals surface area contributed by atoms with Crippen LogP contribution in [0.2, 0.25) is 0 Å². The zero-order valence-corrected chi connectivity index (χ0v) is 11.7. The van der Waals surface area contributed by atoms with Crippen molar-refractivity contribution in [2.24, 2.45) is 0 Å². The van der Waals surface area contributed by atoms with Crippen molar-refractivity contribution in [3.05, 3.63) is 0 Å². The number of urea groups is 1. The molecule has 1 heterocycles. The van der Waals surface area contributed by atoms with E-state index in [-0.39, 0.29) is 18.1 Å². The summed E-state index contributed by atoms with van der Waals surface area (Å²) >= 11 is 0. The summed E-state index contributed by atoms with van der Waals surface area (Å²) in [5, 5.41) is 3.29. The van der Waals surface area contributed by atoms with E-state index in [1.165, 1.54) is 37.6 Å². The first-order chi connectivity index (χ1) is 8.57. The summed E-state index contributed by atoms with van der Waals surface area (Å²) in [4.78, 5) is 26.1. The van der Waals surface area contributed by atoms with Gasteiger partial charge in [-0.15, -0.1) is 0 Å². The van der Waals surface area contributed by atoms with Crippen LogP contribution in [0.3, 0.4) is 0 Å². The second-order valence-electron chi connectivity index (χ2n) is 4.93. The SMILES string of the molecule is CCCCCCCNC1CC(=O)N(C)C(=O)N1C. The highest BCUT2D eigenvalue weighted by atomic mass is 16.2. The summed E-state index contributed by atoms with van der Waals surface area (Å²) in [5.41, 5.74) is 0. The maximum atomic E-state index is 11.7. The number of rotatable bonds is 7. The lowest BCUT2D eigenvalue weighted by molar-refractivity contribution is -0.131. The summed E-state index contributed by atoms with van der Waals surface area (Å²) in [6.07, 6.45) is 6.32. The van der Waals surface area contributed by atoms with Gasteiger partial charge in [0.05, 0.1) is 12.6 Å². The van der Waals surface area contributed by atoms with E-state index < -0.39 is 0 Å². The highest BCUT2D eigenvalue weighted by Crippen LogP contribution is 2.12. The molecular formula is C13H25N3O2. The van der Waals surface area contributed by atoms with Crippen LogP contribution in [0.1, 0.15) is 45.4 Å². The number of nitrogens with one attached hydrogen (secondary N) is 1. The van der Waals surface area contributed by atoms with E-state index in [1.807, 2.05) is 0 Å². The molecule has 104 valence electrons. The van der Waals surface area contributed by atoms with Gasteiger partial charge in [-0.25, -0.2) is 4.79 Å². The van der Waals surface area contributed by atoms with Crippen molar-refractivity contribution in [2.45, 2.75) is 51.6 Å². The van der Waals surface area contributed by atoms with Crippen LogP contribution >= 0.6 is 0 Å². The van der Waals surface area contributed by atoms with Crippen LogP contribution in [0, 0.1) is 0 Å². The fourth-order valence-corrected chi connectivity index (χ4v) is 2.12. The fraction of sp³-hybridized carbons (Fsp3) is 0.846. The first kappa shape index (κ1) is 15.0. The van der Waals surface area contributed by atoms with Gasteiger partial charge in [-0.3, -0.25) is 15.0 Å². The Balaban J connectivity index is 2.25. The highest BCUT2D eigenvalue weighted by molar-refractivity contribution is 5.96. The minimum absolute atomic E-state index is 0.110.